The van der Waals surface area contributed by atoms with E-state index < -0.39 is 0 Å². The van der Waals surface area contributed by atoms with Gasteiger partial charge in [-0.25, -0.2) is 4.99 Å². The van der Waals surface area contributed by atoms with Crippen LogP contribution in [0.4, 0.5) is 0 Å². The third-order valence-corrected chi connectivity index (χ3v) is 1.85. The first-order valence-electron chi connectivity index (χ1n) is 3.61. The summed E-state index contributed by atoms with van der Waals surface area (Å²) < 4.78 is 5.26. The van der Waals surface area contributed by atoms with Crippen LogP contribution in [-0.4, -0.2) is 12.5 Å². The van der Waals surface area contributed by atoms with E-state index in [0.29, 0.717) is 0 Å². The Morgan fingerprint density at radius 3 is 3.18 bits per heavy atom. The molecular formula is C9H9NO. The van der Waals surface area contributed by atoms with Gasteiger partial charge >= 0.3 is 0 Å². The molecule has 0 amide bonds. The second kappa shape index (κ2) is 2.38. The van der Waals surface area contributed by atoms with Crippen LogP contribution in [0, 0.1) is 0 Å². The lowest BCUT2D eigenvalue weighted by Crippen LogP contribution is -2.17. The molecule has 1 aliphatic carbocycles. The van der Waals surface area contributed by atoms with Gasteiger partial charge < -0.3 is 4.74 Å². The fraction of sp³-hybridized carbons (Fsp3) is 0.222. The fourth-order valence-corrected chi connectivity index (χ4v) is 1.22. The van der Waals surface area contributed by atoms with Crippen LogP contribution in [0.1, 0.15) is 6.92 Å². The van der Waals surface area contributed by atoms with Gasteiger partial charge in [-0.05, 0) is 13.0 Å². The maximum Gasteiger partial charge on any atom is 0.175 e. The summed E-state index contributed by atoms with van der Waals surface area (Å²) in [4.78, 5) is 4.06. The zero-order chi connectivity index (χ0) is 7.68. The van der Waals surface area contributed by atoms with Gasteiger partial charge in [0.15, 0.2) is 6.40 Å². The Balaban J connectivity index is 2.43. The van der Waals surface area contributed by atoms with Gasteiger partial charge in [-0.1, -0.05) is 18.2 Å². The highest BCUT2D eigenvalue weighted by Crippen LogP contribution is 2.21. The number of rotatable bonds is 0. The first-order valence-corrected chi connectivity index (χ1v) is 3.61. The van der Waals surface area contributed by atoms with Gasteiger partial charge in [0.25, 0.3) is 0 Å². The highest BCUT2D eigenvalue weighted by molar-refractivity contribution is 5.56. The van der Waals surface area contributed by atoms with Crippen molar-refractivity contribution in [1.82, 2.24) is 0 Å². The molecular weight excluding hydrogens is 138 g/mol. The molecule has 0 saturated carbocycles. The van der Waals surface area contributed by atoms with E-state index in [0.717, 1.165) is 11.3 Å². The van der Waals surface area contributed by atoms with Crippen molar-refractivity contribution in [3.63, 3.8) is 0 Å². The van der Waals surface area contributed by atoms with Crippen molar-refractivity contribution >= 4 is 6.40 Å². The standard InChI is InChI=1S/C9H9NO/c1-7-8-4-2-3-5-9(8)11-6-10-7/h2-6,9H,1H3. The molecule has 0 bridgehead atoms. The summed E-state index contributed by atoms with van der Waals surface area (Å²) >= 11 is 0. The number of hydrogen-bond donors (Lipinski definition) is 0. The molecule has 1 aliphatic heterocycles. The van der Waals surface area contributed by atoms with Gasteiger partial charge in [0.05, 0.1) is 0 Å². The predicted molar refractivity (Wildman–Crippen MR) is 44.3 cm³/mol. The quantitative estimate of drug-likeness (QED) is 0.512. The van der Waals surface area contributed by atoms with E-state index in [2.05, 4.69) is 4.99 Å². The van der Waals surface area contributed by atoms with Crippen molar-refractivity contribution in [2.75, 3.05) is 0 Å². The van der Waals surface area contributed by atoms with Crippen molar-refractivity contribution in [2.24, 2.45) is 4.99 Å². The maximum atomic E-state index is 5.26. The number of hydrogen-bond acceptors (Lipinski definition) is 2. The van der Waals surface area contributed by atoms with Crippen molar-refractivity contribution in [3.05, 3.63) is 35.6 Å². The molecule has 56 valence electrons. The van der Waals surface area contributed by atoms with Crippen LogP contribution in [0.3, 0.4) is 0 Å². The molecule has 0 N–H and O–H groups in total. The Hall–Kier alpha value is -1.31. The van der Waals surface area contributed by atoms with Gasteiger partial charge in [0.2, 0.25) is 0 Å². The van der Waals surface area contributed by atoms with Gasteiger partial charge in [-0.3, -0.25) is 0 Å². The normalized spacial score (nSPS) is 26.8. The highest BCUT2D eigenvalue weighted by Gasteiger charge is 2.16. The molecule has 2 heteroatoms. The topological polar surface area (TPSA) is 21.6 Å². The fourth-order valence-electron chi connectivity index (χ4n) is 1.22. The number of nitrogens with zero attached hydrogens (tertiary/aromatic N) is 1. The Morgan fingerprint density at radius 1 is 1.45 bits per heavy atom. The summed E-state index contributed by atoms with van der Waals surface area (Å²) in [5.41, 5.74) is 2.21. The van der Waals surface area contributed by atoms with Crippen LogP contribution in [-0.2, 0) is 4.74 Å². The van der Waals surface area contributed by atoms with E-state index in [1.807, 2.05) is 31.2 Å². The van der Waals surface area contributed by atoms with E-state index in [9.17, 15) is 0 Å². The number of allylic oxidation sites excluding steroid dienone is 3. The molecule has 0 aromatic rings. The molecule has 0 radical (unpaired) electrons. The Morgan fingerprint density at radius 2 is 2.36 bits per heavy atom. The van der Waals surface area contributed by atoms with Crippen LogP contribution in [0.25, 0.3) is 0 Å². The van der Waals surface area contributed by atoms with Crippen LogP contribution in [0.2, 0.25) is 0 Å². The third kappa shape index (κ3) is 1.00. The van der Waals surface area contributed by atoms with E-state index in [-0.39, 0.29) is 6.10 Å². The van der Waals surface area contributed by atoms with Crippen molar-refractivity contribution in [1.29, 1.82) is 0 Å². The first-order chi connectivity index (χ1) is 5.38. The van der Waals surface area contributed by atoms with E-state index in [1.54, 1.807) is 0 Å². The minimum Gasteiger partial charge on any atom is -0.471 e. The average Bonchev–Trinajstić information content (AvgIpc) is 2.06. The summed E-state index contributed by atoms with van der Waals surface area (Å²) in [6, 6.07) is 0. The van der Waals surface area contributed by atoms with Crippen LogP contribution in [0.5, 0.6) is 0 Å². The van der Waals surface area contributed by atoms with Gasteiger partial charge in [-0.2, -0.15) is 0 Å². The smallest absolute Gasteiger partial charge is 0.175 e. The van der Waals surface area contributed by atoms with E-state index in [1.165, 1.54) is 6.40 Å². The molecule has 11 heavy (non-hydrogen) atoms. The van der Waals surface area contributed by atoms with Crippen LogP contribution in [0.15, 0.2) is 40.6 Å². The second-order valence-electron chi connectivity index (χ2n) is 2.58. The SMILES string of the molecule is CC1=C2C=CC=CC2OC=N1. The largest absolute Gasteiger partial charge is 0.471 e. The third-order valence-electron chi connectivity index (χ3n) is 1.85. The summed E-state index contributed by atoms with van der Waals surface area (Å²) in [7, 11) is 0. The lowest BCUT2D eigenvalue weighted by molar-refractivity contribution is 0.280. The Bertz CT molecular complexity index is 284. The lowest BCUT2D eigenvalue weighted by Gasteiger charge is -2.20. The lowest BCUT2D eigenvalue weighted by atomic mass is 10.0. The summed E-state index contributed by atoms with van der Waals surface area (Å²) in [5, 5.41) is 0. The molecule has 2 aliphatic rings. The number of aliphatic imine (C=N–C) groups is 1. The zero-order valence-corrected chi connectivity index (χ0v) is 6.32. The molecule has 2 rings (SSSR count). The van der Waals surface area contributed by atoms with Crippen LogP contribution >= 0.6 is 0 Å². The number of ether oxygens (including phenoxy) is 1. The molecule has 0 saturated heterocycles. The second-order valence-corrected chi connectivity index (χ2v) is 2.58. The first kappa shape index (κ1) is 6.40. The molecule has 2 nitrogen and oxygen atoms in total. The molecule has 0 aromatic heterocycles. The average molecular weight is 147 g/mol. The molecule has 1 atom stereocenters. The Kier molecular flexibility index (Phi) is 1.39. The highest BCUT2D eigenvalue weighted by atomic mass is 16.5. The van der Waals surface area contributed by atoms with Crippen molar-refractivity contribution in [2.45, 2.75) is 13.0 Å². The summed E-state index contributed by atoms with van der Waals surface area (Å²) in [6.07, 6.45) is 9.64. The van der Waals surface area contributed by atoms with Crippen molar-refractivity contribution in [3.8, 4) is 0 Å². The predicted octanol–water partition coefficient (Wildman–Crippen LogP) is 1.81. The van der Waals surface area contributed by atoms with E-state index in [4.69, 9.17) is 4.74 Å². The minimum absolute atomic E-state index is 0.0949. The summed E-state index contributed by atoms with van der Waals surface area (Å²) in [5.74, 6) is 0. The van der Waals surface area contributed by atoms with Crippen molar-refractivity contribution < 1.29 is 4.74 Å². The molecule has 1 heterocycles. The number of fused-ring (bicyclic) bond motifs is 1. The molecule has 0 aromatic carbocycles. The maximum absolute atomic E-state index is 5.26. The van der Waals surface area contributed by atoms with Gasteiger partial charge in [0, 0.05) is 11.3 Å². The zero-order valence-electron chi connectivity index (χ0n) is 6.32. The molecule has 0 spiro atoms. The minimum atomic E-state index is 0.0949. The molecule has 1 unspecified atom stereocenters. The summed E-state index contributed by atoms with van der Waals surface area (Å²) in [6.45, 7) is 1.99. The van der Waals surface area contributed by atoms with Crippen LogP contribution < -0.4 is 0 Å². The van der Waals surface area contributed by atoms with E-state index >= 15 is 0 Å². The van der Waals surface area contributed by atoms with Gasteiger partial charge in [0.1, 0.15) is 6.10 Å². The molecule has 0 fully saturated rings. The van der Waals surface area contributed by atoms with Gasteiger partial charge in [-0.15, -0.1) is 0 Å². The Labute approximate surface area is 65.6 Å². The monoisotopic (exact) mass is 147 g/mol.